The fraction of sp³-hybridized carbons (Fsp3) is 0.654. The maximum Gasteiger partial charge on any atom is 0.408 e. The minimum atomic E-state index is -0.917. The summed E-state index contributed by atoms with van der Waals surface area (Å²) in [5, 5.41) is 5.83. The molecule has 8 heteroatoms. The molecule has 0 radical (unpaired) electrons. The summed E-state index contributed by atoms with van der Waals surface area (Å²) < 4.78 is 5.33. The highest BCUT2D eigenvalue weighted by molar-refractivity contribution is 7.80. The predicted octanol–water partition coefficient (Wildman–Crippen LogP) is 4.55. The zero-order valence-electron chi connectivity index (χ0n) is 21.2. The fourth-order valence-corrected chi connectivity index (χ4v) is 4.53. The van der Waals surface area contributed by atoms with E-state index < -0.39 is 23.8 Å². The van der Waals surface area contributed by atoms with Gasteiger partial charge < -0.3 is 20.3 Å². The largest absolute Gasteiger partial charge is 0.444 e. The molecule has 0 heterocycles. The molecule has 0 aliphatic heterocycles. The second-order valence-electron chi connectivity index (χ2n) is 10.1. The van der Waals surface area contributed by atoms with Crippen molar-refractivity contribution in [3.05, 3.63) is 35.4 Å². The molecular formula is C26H41N3O4S. The monoisotopic (exact) mass is 491 g/mol. The van der Waals surface area contributed by atoms with E-state index in [1.807, 2.05) is 38.1 Å². The molecule has 1 aliphatic rings. The molecule has 0 spiro atoms. The van der Waals surface area contributed by atoms with E-state index in [4.69, 9.17) is 4.74 Å². The van der Waals surface area contributed by atoms with E-state index >= 15 is 0 Å². The second-order valence-corrected chi connectivity index (χ2v) is 10.4. The molecule has 2 atom stereocenters. The van der Waals surface area contributed by atoms with Gasteiger partial charge in [0.2, 0.25) is 11.8 Å². The van der Waals surface area contributed by atoms with Gasteiger partial charge in [-0.1, -0.05) is 56.0 Å². The van der Waals surface area contributed by atoms with Crippen LogP contribution in [0.1, 0.15) is 83.4 Å². The highest BCUT2D eigenvalue weighted by atomic mass is 32.1. The first kappa shape index (κ1) is 28.0. The van der Waals surface area contributed by atoms with E-state index in [0.717, 1.165) is 36.8 Å². The lowest BCUT2D eigenvalue weighted by Crippen LogP contribution is -2.54. The number of rotatable bonds is 9. The first-order valence-corrected chi connectivity index (χ1v) is 13.0. The Hall–Kier alpha value is -2.22. The van der Waals surface area contributed by atoms with Gasteiger partial charge in [-0.15, -0.1) is 0 Å². The van der Waals surface area contributed by atoms with Crippen LogP contribution in [0.2, 0.25) is 0 Å². The van der Waals surface area contributed by atoms with E-state index in [9.17, 15) is 14.4 Å². The number of ether oxygens (including phenoxy) is 1. The third kappa shape index (κ3) is 8.53. The molecular weight excluding hydrogens is 450 g/mol. The van der Waals surface area contributed by atoms with Crippen LogP contribution in [0.3, 0.4) is 0 Å². The van der Waals surface area contributed by atoms with Crippen molar-refractivity contribution in [3.63, 3.8) is 0 Å². The third-order valence-electron chi connectivity index (χ3n) is 5.79. The fourth-order valence-electron chi connectivity index (χ4n) is 4.28. The lowest BCUT2D eigenvalue weighted by atomic mass is 9.94. The summed E-state index contributed by atoms with van der Waals surface area (Å²) in [6.45, 7) is 9.58. The number of hydrogen-bond donors (Lipinski definition) is 3. The Morgan fingerprint density at radius 3 is 2.41 bits per heavy atom. The van der Waals surface area contributed by atoms with Crippen molar-refractivity contribution in [1.29, 1.82) is 0 Å². The lowest BCUT2D eigenvalue weighted by molar-refractivity contribution is -0.142. The Bertz CT molecular complexity index is 834. The summed E-state index contributed by atoms with van der Waals surface area (Å²) in [6, 6.07) is 6.09. The molecule has 190 valence electrons. The number of thiol groups is 1. The standard InChI is InChI=1S/C26H41N3O4S/c1-6-15-29(24(31)21(17-34)28-25(32)33-26(3,4)5)22(19-12-10-11-18(2)16-19)23(30)27-20-13-8-7-9-14-20/h10-12,16,20-22,34H,6-9,13-15,17H2,1-5H3,(H,27,30)(H,28,32). The Labute approximate surface area is 209 Å². The van der Waals surface area contributed by atoms with Gasteiger partial charge in [0.15, 0.2) is 0 Å². The smallest absolute Gasteiger partial charge is 0.408 e. The highest BCUT2D eigenvalue weighted by Gasteiger charge is 2.36. The molecule has 1 saturated carbocycles. The third-order valence-corrected chi connectivity index (χ3v) is 6.15. The Balaban J connectivity index is 2.34. The predicted molar refractivity (Wildman–Crippen MR) is 138 cm³/mol. The maximum absolute atomic E-state index is 13.7. The number of nitrogens with zero attached hydrogens (tertiary/aromatic N) is 1. The van der Waals surface area contributed by atoms with Gasteiger partial charge in [-0.05, 0) is 52.5 Å². The number of aryl methyl sites for hydroxylation is 1. The van der Waals surface area contributed by atoms with Crippen molar-refractivity contribution in [3.8, 4) is 0 Å². The number of alkyl carbamates (subject to hydrolysis) is 1. The van der Waals surface area contributed by atoms with Gasteiger partial charge in [0.05, 0.1) is 0 Å². The molecule has 0 aromatic heterocycles. The van der Waals surface area contributed by atoms with Crippen LogP contribution in [0.4, 0.5) is 4.79 Å². The second kappa shape index (κ2) is 13.0. The summed E-state index contributed by atoms with van der Waals surface area (Å²) in [4.78, 5) is 41.3. The molecule has 0 saturated heterocycles. The lowest BCUT2D eigenvalue weighted by Gasteiger charge is -2.35. The van der Waals surface area contributed by atoms with Crippen LogP contribution < -0.4 is 10.6 Å². The number of carbonyl (C=O) groups excluding carboxylic acids is 3. The van der Waals surface area contributed by atoms with Crippen LogP contribution in [0.25, 0.3) is 0 Å². The molecule has 2 N–H and O–H groups in total. The quantitative estimate of drug-likeness (QED) is 0.443. The van der Waals surface area contributed by atoms with Crippen molar-refractivity contribution in [2.75, 3.05) is 12.3 Å². The molecule has 7 nitrogen and oxygen atoms in total. The Morgan fingerprint density at radius 1 is 1.18 bits per heavy atom. The van der Waals surface area contributed by atoms with Crippen molar-refractivity contribution in [2.45, 2.75) is 96.9 Å². The van der Waals surface area contributed by atoms with Crippen LogP contribution in [-0.4, -0.2) is 52.8 Å². The minimum Gasteiger partial charge on any atom is -0.444 e. The molecule has 2 unspecified atom stereocenters. The maximum atomic E-state index is 13.7. The Kier molecular flexibility index (Phi) is 10.7. The zero-order valence-corrected chi connectivity index (χ0v) is 22.1. The normalized spacial score (nSPS) is 16.3. The molecule has 1 aliphatic carbocycles. The summed E-state index contributed by atoms with van der Waals surface area (Å²) >= 11 is 4.32. The Morgan fingerprint density at radius 2 is 1.85 bits per heavy atom. The zero-order chi connectivity index (χ0) is 25.3. The van der Waals surface area contributed by atoms with Gasteiger partial charge in [-0.3, -0.25) is 9.59 Å². The highest BCUT2D eigenvalue weighted by Crippen LogP contribution is 2.26. The van der Waals surface area contributed by atoms with Crippen molar-refractivity contribution < 1.29 is 19.1 Å². The topological polar surface area (TPSA) is 87.7 Å². The minimum absolute atomic E-state index is 0.0864. The number of nitrogens with one attached hydrogen (secondary N) is 2. The number of carbonyl (C=O) groups is 3. The number of benzene rings is 1. The van der Waals surface area contributed by atoms with Gasteiger partial charge >= 0.3 is 6.09 Å². The average molecular weight is 492 g/mol. The van der Waals surface area contributed by atoms with E-state index in [1.54, 1.807) is 25.7 Å². The van der Waals surface area contributed by atoms with Gasteiger partial charge in [0.1, 0.15) is 17.7 Å². The summed E-state index contributed by atoms with van der Waals surface area (Å²) in [7, 11) is 0. The summed E-state index contributed by atoms with van der Waals surface area (Å²) in [5.74, 6) is -0.453. The summed E-state index contributed by atoms with van der Waals surface area (Å²) in [5.41, 5.74) is 1.07. The van der Waals surface area contributed by atoms with Crippen LogP contribution in [0.15, 0.2) is 24.3 Å². The van der Waals surface area contributed by atoms with Gasteiger partial charge in [0.25, 0.3) is 0 Å². The first-order valence-electron chi connectivity index (χ1n) is 12.3. The molecule has 1 aromatic rings. The molecule has 1 fully saturated rings. The van der Waals surface area contributed by atoms with Crippen LogP contribution >= 0.6 is 12.6 Å². The van der Waals surface area contributed by atoms with Gasteiger partial charge in [0, 0.05) is 18.3 Å². The van der Waals surface area contributed by atoms with Gasteiger partial charge in [-0.2, -0.15) is 12.6 Å². The average Bonchev–Trinajstić information content (AvgIpc) is 2.76. The van der Waals surface area contributed by atoms with E-state index in [1.165, 1.54) is 6.42 Å². The summed E-state index contributed by atoms with van der Waals surface area (Å²) in [6.07, 6.45) is 5.26. The molecule has 0 bridgehead atoms. The van der Waals surface area contributed by atoms with Crippen LogP contribution in [0, 0.1) is 6.92 Å². The van der Waals surface area contributed by atoms with E-state index in [0.29, 0.717) is 13.0 Å². The molecule has 3 amide bonds. The van der Waals surface area contributed by atoms with Crippen molar-refractivity contribution in [2.24, 2.45) is 0 Å². The van der Waals surface area contributed by atoms with Gasteiger partial charge in [-0.25, -0.2) is 4.79 Å². The van der Waals surface area contributed by atoms with Crippen LogP contribution in [-0.2, 0) is 14.3 Å². The van der Waals surface area contributed by atoms with Crippen LogP contribution in [0.5, 0.6) is 0 Å². The van der Waals surface area contributed by atoms with Crippen molar-refractivity contribution >= 4 is 30.5 Å². The molecule has 2 rings (SSSR count). The molecule has 1 aromatic carbocycles. The van der Waals surface area contributed by atoms with Crippen molar-refractivity contribution in [1.82, 2.24) is 15.5 Å². The SMILES string of the molecule is CCCN(C(=O)C(CS)NC(=O)OC(C)(C)C)C(C(=O)NC1CCCCC1)c1cccc(C)c1. The molecule has 34 heavy (non-hydrogen) atoms. The number of hydrogen-bond acceptors (Lipinski definition) is 5. The number of amides is 3. The first-order chi connectivity index (χ1) is 16.1. The van der Waals surface area contributed by atoms with E-state index in [2.05, 4.69) is 23.3 Å². The van der Waals surface area contributed by atoms with E-state index in [-0.39, 0.29) is 23.6 Å².